The van der Waals surface area contributed by atoms with E-state index < -0.39 is 12.1 Å². The van der Waals surface area contributed by atoms with E-state index in [0.29, 0.717) is 23.6 Å². The third kappa shape index (κ3) is 7.39. The molecule has 1 aliphatic rings. The van der Waals surface area contributed by atoms with Crippen LogP contribution in [0.2, 0.25) is 0 Å². The van der Waals surface area contributed by atoms with Crippen LogP contribution < -0.4 is 14.8 Å². The number of fused-ring (bicyclic) bond motifs is 1. The largest absolute Gasteiger partial charge is 0.488 e. The van der Waals surface area contributed by atoms with Crippen LogP contribution >= 0.6 is 15.9 Å². The molecule has 40 heavy (non-hydrogen) atoms. The van der Waals surface area contributed by atoms with E-state index in [-0.39, 0.29) is 31.1 Å². The number of rotatable bonds is 11. The van der Waals surface area contributed by atoms with Crippen LogP contribution in [0.3, 0.4) is 0 Å². The summed E-state index contributed by atoms with van der Waals surface area (Å²) in [4.78, 5) is 15.0. The van der Waals surface area contributed by atoms with Crippen molar-refractivity contribution in [2.24, 2.45) is 0 Å². The molecule has 0 spiro atoms. The number of aliphatic carboxylic acids is 1. The van der Waals surface area contributed by atoms with Crippen molar-refractivity contribution in [3.8, 4) is 17.6 Å². The van der Waals surface area contributed by atoms with Crippen LogP contribution in [0.5, 0.6) is 11.5 Å². The Balaban J connectivity index is 1.57. The van der Waals surface area contributed by atoms with Gasteiger partial charge in [-0.1, -0.05) is 39.0 Å². The Morgan fingerprint density at radius 2 is 2.05 bits per heavy atom. The summed E-state index contributed by atoms with van der Waals surface area (Å²) in [7, 11) is 0. The summed E-state index contributed by atoms with van der Waals surface area (Å²) in [6.07, 6.45) is 3.55. The molecule has 2 aromatic carbocycles. The summed E-state index contributed by atoms with van der Waals surface area (Å²) in [5.74, 6) is 0.161. The number of aliphatic hydroxyl groups is 1. The van der Waals surface area contributed by atoms with E-state index in [4.69, 9.17) is 14.6 Å². The third-order valence-corrected chi connectivity index (χ3v) is 7.45. The molecule has 0 bridgehead atoms. The second-order valence-electron chi connectivity index (χ2n) is 11.0. The molecular formula is C31H34BrN3O5. The second kappa shape index (κ2) is 12.8. The van der Waals surface area contributed by atoms with E-state index in [1.54, 1.807) is 12.3 Å². The minimum atomic E-state index is -1.06. The zero-order valence-electron chi connectivity index (χ0n) is 22.9. The Hall–Kier alpha value is -3.45. The van der Waals surface area contributed by atoms with E-state index in [2.05, 4.69) is 71.3 Å². The molecule has 0 radical (unpaired) electrons. The number of aliphatic hydroxyl groups excluding tert-OH is 1. The number of nitriles is 1. The zero-order chi connectivity index (χ0) is 28.9. The van der Waals surface area contributed by atoms with Crippen LogP contribution in [-0.2, 0) is 29.8 Å². The van der Waals surface area contributed by atoms with E-state index in [9.17, 15) is 15.2 Å². The first kappa shape index (κ1) is 29.5. The van der Waals surface area contributed by atoms with Gasteiger partial charge in [-0.25, -0.2) is 0 Å². The molecule has 3 aromatic rings. The molecule has 1 aromatic heterocycles. The number of hydrogen-bond acceptors (Lipinski definition) is 7. The number of nitrogens with one attached hydrogen (secondary N) is 1. The highest BCUT2D eigenvalue weighted by atomic mass is 79.9. The number of pyridine rings is 1. The summed E-state index contributed by atoms with van der Waals surface area (Å²) in [5.41, 5.74) is 5.96. The van der Waals surface area contributed by atoms with Crippen molar-refractivity contribution < 1.29 is 24.5 Å². The molecule has 0 saturated carbocycles. The maximum absolute atomic E-state index is 10.9. The van der Waals surface area contributed by atoms with Crippen LogP contribution in [0, 0.1) is 11.3 Å². The van der Waals surface area contributed by atoms with Crippen molar-refractivity contribution in [2.75, 3.05) is 6.54 Å². The van der Waals surface area contributed by atoms with E-state index >= 15 is 0 Å². The van der Waals surface area contributed by atoms with E-state index in [0.717, 1.165) is 28.4 Å². The van der Waals surface area contributed by atoms with Crippen molar-refractivity contribution in [1.82, 2.24) is 10.3 Å². The van der Waals surface area contributed by atoms with Gasteiger partial charge in [0.25, 0.3) is 0 Å². The fourth-order valence-corrected chi connectivity index (χ4v) is 5.45. The lowest BCUT2D eigenvalue weighted by Crippen LogP contribution is -2.28. The lowest BCUT2D eigenvalue weighted by Gasteiger charge is -2.23. The number of halogens is 1. The smallest absolute Gasteiger partial charge is 0.306 e. The van der Waals surface area contributed by atoms with E-state index in [1.807, 2.05) is 12.1 Å². The molecular weight excluding hydrogens is 574 g/mol. The Bertz CT molecular complexity index is 1410. The number of carboxylic acid groups (broad SMARTS) is 1. The molecule has 8 nitrogen and oxygen atoms in total. The average Bonchev–Trinajstić information content (AvgIpc) is 3.31. The lowest BCUT2D eigenvalue weighted by molar-refractivity contribution is -0.139. The SMILES string of the molecule is CC(C)(C)c1cccc2c1CC[C@@H]2Oc1cc(OCc2cncc(C#N)c2)c(CNC[C@@H](O)CC(=O)O)cc1Br. The van der Waals surface area contributed by atoms with Crippen molar-refractivity contribution >= 4 is 21.9 Å². The second-order valence-corrected chi connectivity index (χ2v) is 11.9. The molecule has 0 unspecified atom stereocenters. The molecule has 3 N–H and O–H groups in total. The van der Waals surface area contributed by atoms with Crippen molar-refractivity contribution in [3.05, 3.63) is 86.6 Å². The maximum Gasteiger partial charge on any atom is 0.306 e. The molecule has 0 amide bonds. The Morgan fingerprint density at radius 1 is 1.25 bits per heavy atom. The van der Waals surface area contributed by atoms with Gasteiger partial charge in [-0.2, -0.15) is 5.26 Å². The Kier molecular flexibility index (Phi) is 9.46. The molecule has 1 heterocycles. The van der Waals surface area contributed by atoms with Gasteiger partial charge >= 0.3 is 5.97 Å². The third-order valence-electron chi connectivity index (χ3n) is 6.83. The normalized spacial score (nSPS) is 15.2. The van der Waals surface area contributed by atoms with Crippen LogP contribution in [0.4, 0.5) is 0 Å². The van der Waals surface area contributed by atoms with Gasteiger partial charge in [-0.3, -0.25) is 9.78 Å². The Labute approximate surface area is 243 Å². The van der Waals surface area contributed by atoms with Crippen molar-refractivity contribution in [1.29, 1.82) is 5.26 Å². The summed E-state index contributed by atoms with van der Waals surface area (Å²) in [5, 5.41) is 31.2. The van der Waals surface area contributed by atoms with Crippen LogP contribution in [-0.4, -0.2) is 33.8 Å². The van der Waals surface area contributed by atoms with Gasteiger partial charge < -0.3 is 25.0 Å². The van der Waals surface area contributed by atoms with Gasteiger partial charge in [0.1, 0.15) is 30.3 Å². The standard InChI is InChI=1S/C31H34BrN3O5/c1-31(2,3)25-6-4-5-24-23(25)7-8-27(24)40-29-12-28(39-18-20-9-19(13-33)14-34-15-20)21(10-26(29)32)16-35-17-22(36)11-30(37)38/h4-6,9-10,12,14-15,22,27,35-36H,7-8,11,16-18H2,1-3H3,(H,37,38)/t22-,27-/m0/s1. The first-order chi connectivity index (χ1) is 19.0. The summed E-state index contributed by atoms with van der Waals surface area (Å²) < 4.78 is 13.5. The number of nitrogens with zero attached hydrogens (tertiary/aromatic N) is 2. The topological polar surface area (TPSA) is 125 Å². The van der Waals surface area contributed by atoms with Crippen LogP contribution in [0.15, 0.2) is 53.3 Å². The predicted octanol–water partition coefficient (Wildman–Crippen LogP) is 5.58. The first-order valence-corrected chi connectivity index (χ1v) is 14.0. The number of ether oxygens (including phenoxy) is 2. The fourth-order valence-electron chi connectivity index (χ4n) is 4.97. The highest BCUT2D eigenvalue weighted by molar-refractivity contribution is 9.10. The molecule has 1 aliphatic carbocycles. The zero-order valence-corrected chi connectivity index (χ0v) is 24.5. The van der Waals surface area contributed by atoms with Crippen LogP contribution in [0.1, 0.15) is 73.1 Å². The minimum Gasteiger partial charge on any atom is -0.488 e. The van der Waals surface area contributed by atoms with Gasteiger partial charge in [-0.15, -0.1) is 0 Å². The molecule has 9 heteroatoms. The fraction of sp³-hybridized carbons (Fsp3) is 0.387. The number of carbonyl (C=O) groups is 1. The average molecular weight is 609 g/mol. The van der Waals surface area contributed by atoms with E-state index in [1.165, 1.54) is 22.9 Å². The van der Waals surface area contributed by atoms with Gasteiger partial charge in [0, 0.05) is 42.7 Å². The molecule has 210 valence electrons. The molecule has 0 fully saturated rings. The number of hydrogen-bond donors (Lipinski definition) is 3. The lowest BCUT2D eigenvalue weighted by atomic mass is 9.82. The molecule has 4 rings (SSSR count). The molecule has 2 atom stereocenters. The molecule has 0 aliphatic heterocycles. The van der Waals surface area contributed by atoms with Gasteiger partial charge in [0.2, 0.25) is 0 Å². The van der Waals surface area contributed by atoms with Gasteiger partial charge in [0.15, 0.2) is 0 Å². The maximum atomic E-state index is 10.9. The summed E-state index contributed by atoms with van der Waals surface area (Å²) in [6.45, 7) is 7.33. The molecule has 0 saturated heterocycles. The summed E-state index contributed by atoms with van der Waals surface area (Å²) in [6, 6.07) is 14.0. The monoisotopic (exact) mass is 607 g/mol. The van der Waals surface area contributed by atoms with Gasteiger partial charge in [-0.05, 0) is 63.0 Å². The highest BCUT2D eigenvalue weighted by Crippen LogP contribution is 2.43. The summed E-state index contributed by atoms with van der Waals surface area (Å²) >= 11 is 3.66. The Morgan fingerprint density at radius 3 is 2.77 bits per heavy atom. The van der Waals surface area contributed by atoms with Crippen molar-refractivity contribution in [3.63, 3.8) is 0 Å². The quantitative estimate of drug-likeness (QED) is 0.258. The van der Waals surface area contributed by atoms with Gasteiger partial charge in [0.05, 0.1) is 22.6 Å². The highest BCUT2D eigenvalue weighted by Gasteiger charge is 2.30. The van der Waals surface area contributed by atoms with Crippen LogP contribution in [0.25, 0.3) is 0 Å². The predicted molar refractivity (Wildman–Crippen MR) is 154 cm³/mol. The number of carboxylic acids is 1. The number of aromatic nitrogens is 1. The number of benzene rings is 2. The minimum absolute atomic E-state index is 0.0478. The first-order valence-electron chi connectivity index (χ1n) is 13.2. The van der Waals surface area contributed by atoms with Crippen molar-refractivity contribution in [2.45, 2.75) is 70.8 Å².